The quantitative estimate of drug-likeness (QED) is 0.418. The molecule has 9 heteroatoms. The van der Waals surface area contributed by atoms with Crippen molar-refractivity contribution >= 4 is 10.9 Å². The Morgan fingerprint density at radius 3 is 2.41 bits per heavy atom. The molecule has 0 spiro atoms. The number of nitrogens with two attached hydrogens (primary N) is 1. The van der Waals surface area contributed by atoms with Crippen LogP contribution in [0.5, 0.6) is 5.75 Å². The molecule has 0 bridgehead atoms. The van der Waals surface area contributed by atoms with E-state index in [1.807, 2.05) is 20.8 Å². The van der Waals surface area contributed by atoms with Crippen LogP contribution in [0.2, 0.25) is 0 Å². The summed E-state index contributed by atoms with van der Waals surface area (Å²) in [6, 6.07) is 6.50. The van der Waals surface area contributed by atoms with Crippen LogP contribution in [0, 0.1) is 5.92 Å². The van der Waals surface area contributed by atoms with Crippen molar-refractivity contribution in [1.29, 1.82) is 0 Å². The van der Waals surface area contributed by atoms with E-state index in [0.29, 0.717) is 34.9 Å². The number of fused-ring (bicyclic) bond motifs is 1. The molecule has 3 rings (SSSR count). The molecule has 0 fully saturated rings. The molecule has 1 atom stereocenters. The number of rotatable bonds is 7. The summed E-state index contributed by atoms with van der Waals surface area (Å²) in [5, 5.41) is 0.313. The fourth-order valence-corrected chi connectivity index (χ4v) is 3.91. The van der Waals surface area contributed by atoms with Crippen molar-refractivity contribution in [3.8, 4) is 17.0 Å². The van der Waals surface area contributed by atoms with Gasteiger partial charge in [-0.3, -0.25) is 9.97 Å². The lowest BCUT2D eigenvalue weighted by Crippen LogP contribution is -2.34. The van der Waals surface area contributed by atoms with Crippen LogP contribution in [-0.4, -0.2) is 21.9 Å². The molecule has 0 saturated heterocycles. The highest BCUT2D eigenvalue weighted by Gasteiger charge is 2.31. The molecule has 0 amide bonds. The number of halogens is 5. The third kappa shape index (κ3) is 6.12. The second-order valence-electron chi connectivity index (χ2n) is 8.66. The largest absolute Gasteiger partial charge is 0.573 e. The van der Waals surface area contributed by atoms with E-state index < -0.39 is 24.1 Å². The van der Waals surface area contributed by atoms with Gasteiger partial charge in [-0.25, -0.2) is 8.78 Å². The normalized spacial score (nSPS) is 13.6. The second-order valence-corrected chi connectivity index (χ2v) is 8.66. The summed E-state index contributed by atoms with van der Waals surface area (Å²) < 4.78 is 69.6. The number of hydrogen-bond donors (Lipinski definition) is 1. The van der Waals surface area contributed by atoms with Crippen LogP contribution in [0.25, 0.3) is 22.2 Å². The van der Waals surface area contributed by atoms with Crippen molar-refractivity contribution in [3.63, 3.8) is 0 Å². The van der Waals surface area contributed by atoms with Crippen molar-refractivity contribution in [3.05, 3.63) is 53.9 Å². The highest BCUT2D eigenvalue weighted by molar-refractivity contribution is 5.94. The number of ether oxygens (including phenoxy) is 1. The van der Waals surface area contributed by atoms with E-state index in [2.05, 4.69) is 14.7 Å². The molecule has 2 N–H and O–H groups in total. The predicted octanol–water partition coefficient (Wildman–Crippen LogP) is 6.44. The van der Waals surface area contributed by atoms with Gasteiger partial charge in [-0.05, 0) is 68.5 Å². The number of aromatic nitrogens is 2. The molecule has 0 unspecified atom stereocenters. The molecule has 2 aromatic heterocycles. The number of hydrogen-bond acceptors (Lipinski definition) is 4. The van der Waals surface area contributed by atoms with E-state index >= 15 is 0 Å². The van der Waals surface area contributed by atoms with Crippen LogP contribution >= 0.6 is 0 Å². The first-order valence-corrected chi connectivity index (χ1v) is 10.0. The predicted molar refractivity (Wildman–Crippen MR) is 112 cm³/mol. The van der Waals surface area contributed by atoms with E-state index in [4.69, 9.17) is 5.73 Å². The standard InChI is InChI=1S/C23H24F5N3O/c1-13(11-22(2,3)29)8-14-12-31-20(10-17(14)21(24)25)16-6-7-30-19-5-4-15(9-18(16)19)32-23(26,27)28/h4-7,9-10,12-13,21H,8,11,29H2,1-3H3/t13-/m0/s1. The van der Waals surface area contributed by atoms with Crippen LogP contribution in [0.15, 0.2) is 42.7 Å². The van der Waals surface area contributed by atoms with Gasteiger partial charge in [0.15, 0.2) is 0 Å². The SMILES string of the molecule is C[C@@H](Cc1cnc(-c2ccnc3ccc(OC(F)(F)F)cc23)cc1C(F)F)CC(C)(C)N. The van der Waals surface area contributed by atoms with Gasteiger partial charge in [-0.2, -0.15) is 0 Å². The van der Waals surface area contributed by atoms with Crippen LogP contribution in [-0.2, 0) is 6.42 Å². The first-order valence-electron chi connectivity index (χ1n) is 10.0. The van der Waals surface area contributed by atoms with Gasteiger partial charge in [0, 0.05) is 34.4 Å². The Labute approximate surface area is 182 Å². The Balaban J connectivity index is 2.02. The van der Waals surface area contributed by atoms with Gasteiger partial charge in [0.1, 0.15) is 5.75 Å². The van der Waals surface area contributed by atoms with Crippen LogP contribution in [0.3, 0.4) is 0 Å². The Hall–Kier alpha value is -2.81. The fraction of sp³-hybridized carbons (Fsp3) is 0.391. The van der Waals surface area contributed by atoms with Crippen molar-refractivity contribution in [2.45, 2.75) is 51.9 Å². The van der Waals surface area contributed by atoms with Crippen molar-refractivity contribution in [2.24, 2.45) is 11.7 Å². The summed E-state index contributed by atoms with van der Waals surface area (Å²) >= 11 is 0. The molecular weight excluding hydrogens is 429 g/mol. The summed E-state index contributed by atoms with van der Waals surface area (Å²) in [6.45, 7) is 5.70. The van der Waals surface area contributed by atoms with Crippen LogP contribution in [0.1, 0.15) is 44.7 Å². The smallest absolute Gasteiger partial charge is 0.406 e. The van der Waals surface area contributed by atoms with Crippen LogP contribution in [0.4, 0.5) is 22.0 Å². The lowest BCUT2D eigenvalue weighted by atomic mass is 9.87. The van der Waals surface area contributed by atoms with E-state index in [1.54, 1.807) is 0 Å². The Morgan fingerprint density at radius 1 is 1.06 bits per heavy atom. The lowest BCUT2D eigenvalue weighted by molar-refractivity contribution is -0.274. The molecule has 0 saturated carbocycles. The van der Waals surface area contributed by atoms with Crippen molar-refractivity contribution in [2.75, 3.05) is 0 Å². The highest BCUT2D eigenvalue weighted by atomic mass is 19.4. The first kappa shape index (κ1) is 23.8. The Morgan fingerprint density at radius 2 is 1.78 bits per heavy atom. The molecule has 172 valence electrons. The zero-order chi connectivity index (χ0) is 23.7. The zero-order valence-corrected chi connectivity index (χ0v) is 17.9. The van der Waals surface area contributed by atoms with E-state index in [9.17, 15) is 22.0 Å². The van der Waals surface area contributed by atoms with Crippen molar-refractivity contribution < 1.29 is 26.7 Å². The number of pyridine rings is 2. The van der Waals surface area contributed by atoms with Crippen molar-refractivity contribution in [1.82, 2.24) is 9.97 Å². The molecule has 0 aliphatic rings. The maximum absolute atomic E-state index is 13.9. The average molecular weight is 453 g/mol. The highest BCUT2D eigenvalue weighted by Crippen LogP contribution is 2.34. The number of benzene rings is 1. The van der Waals surface area contributed by atoms with E-state index in [1.165, 1.54) is 36.7 Å². The summed E-state index contributed by atoms with van der Waals surface area (Å²) in [6.07, 6.45) is -3.71. The first-order chi connectivity index (χ1) is 14.8. The van der Waals surface area contributed by atoms with Gasteiger partial charge < -0.3 is 10.5 Å². The topological polar surface area (TPSA) is 61.0 Å². The molecular formula is C23H24F5N3O. The fourth-order valence-electron chi connectivity index (χ4n) is 3.91. The van der Waals surface area contributed by atoms with Gasteiger partial charge >= 0.3 is 6.36 Å². The summed E-state index contributed by atoms with van der Waals surface area (Å²) in [4.78, 5) is 8.47. The summed E-state index contributed by atoms with van der Waals surface area (Å²) in [5.74, 6) is -0.368. The lowest BCUT2D eigenvalue weighted by Gasteiger charge is -2.24. The molecule has 4 nitrogen and oxygen atoms in total. The van der Waals surface area contributed by atoms with Gasteiger partial charge in [0.05, 0.1) is 11.2 Å². The maximum atomic E-state index is 13.9. The molecule has 1 aromatic carbocycles. The van der Waals surface area contributed by atoms with Gasteiger partial charge in [0.2, 0.25) is 0 Å². The summed E-state index contributed by atoms with van der Waals surface area (Å²) in [5.41, 5.74) is 6.85. The van der Waals surface area contributed by atoms with Crippen LogP contribution < -0.4 is 10.5 Å². The average Bonchev–Trinajstić information content (AvgIpc) is 2.65. The molecule has 2 heterocycles. The molecule has 0 aliphatic heterocycles. The zero-order valence-electron chi connectivity index (χ0n) is 17.9. The monoisotopic (exact) mass is 453 g/mol. The Bertz CT molecular complexity index is 1090. The second kappa shape index (κ2) is 8.97. The maximum Gasteiger partial charge on any atom is 0.573 e. The third-order valence-corrected chi connectivity index (χ3v) is 4.92. The minimum atomic E-state index is -4.85. The molecule has 32 heavy (non-hydrogen) atoms. The minimum absolute atomic E-state index is 0.0592. The van der Waals surface area contributed by atoms with E-state index in [0.717, 1.165) is 6.07 Å². The Kier molecular flexibility index (Phi) is 6.69. The third-order valence-electron chi connectivity index (χ3n) is 4.92. The van der Waals surface area contributed by atoms with E-state index in [-0.39, 0.29) is 17.2 Å². The number of nitrogens with zero attached hydrogens (tertiary/aromatic N) is 2. The van der Waals surface area contributed by atoms with Gasteiger partial charge in [0.25, 0.3) is 6.43 Å². The molecule has 0 aliphatic carbocycles. The summed E-state index contributed by atoms with van der Waals surface area (Å²) in [7, 11) is 0. The van der Waals surface area contributed by atoms with Gasteiger partial charge in [-0.15, -0.1) is 13.2 Å². The minimum Gasteiger partial charge on any atom is -0.406 e. The van der Waals surface area contributed by atoms with Gasteiger partial charge in [-0.1, -0.05) is 6.92 Å². The molecule has 3 aromatic rings. The number of alkyl halides is 5. The molecule has 0 radical (unpaired) electrons.